The molecule has 0 bridgehead atoms. The monoisotopic (exact) mass is 624 g/mol. The number of amides is 1. The third kappa shape index (κ3) is 3.75. The molecule has 1 fully saturated rings. The van der Waals surface area contributed by atoms with Crippen LogP contribution in [0.1, 0.15) is 25.5 Å². The molecule has 1 aliphatic heterocycles. The number of nitrogens with one attached hydrogen (secondary N) is 1. The Hall–Kier alpha value is -3.94. The number of hydrogen-bond donors (Lipinski definition) is 2. The van der Waals surface area contributed by atoms with Crippen molar-refractivity contribution in [3.05, 3.63) is 41.8 Å². The average molecular weight is 626 g/mol. The molecule has 0 aliphatic carbocycles. The number of benzene rings is 1. The summed E-state index contributed by atoms with van der Waals surface area (Å²) < 4.78 is 26.2. The average Bonchev–Trinajstić information content (AvgIpc) is 3.04. The van der Waals surface area contributed by atoms with Crippen molar-refractivity contribution < 1.29 is 23.8 Å². The van der Waals surface area contributed by atoms with E-state index in [4.69, 9.17) is 9.47 Å². The van der Waals surface area contributed by atoms with Crippen LogP contribution in [0.2, 0.25) is 0 Å². The van der Waals surface area contributed by atoms with Crippen LogP contribution < -0.4 is 15.0 Å². The van der Waals surface area contributed by atoms with Gasteiger partial charge in [0.2, 0.25) is 0 Å². The molecule has 0 spiro atoms. The van der Waals surface area contributed by atoms with E-state index in [0.717, 1.165) is 0 Å². The summed E-state index contributed by atoms with van der Waals surface area (Å²) in [7, 11) is 0.504. The predicted molar refractivity (Wildman–Crippen MR) is 95.3 cm³/mol. The number of aliphatic hydroxyl groups excluding tert-OH is 1. The molecular weight excluding hydrogens is 606 g/mol. The van der Waals surface area contributed by atoms with E-state index in [1.165, 1.54) is 17.2 Å². The molecule has 8 nitrogen and oxygen atoms in total. The van der Waals surface area contributed by atoms with E-state index in [0.29, 0.717) is 24.2 Å². The third-order valence-electron chi connectivity index (χ3n) is 4.35. The van der Waals surface area contributed by atoms with Gasteiger partial charge in [0.1, 0.15) is 12.6 Å². The van der Waals surface area contributed by atoms with Crippen molar-refractivity contribution >= 4 is 17.9 Å². The zero-order valence-electron chi connectivity index (χ0n) is 15.2. The quantitative estimate of drug-likeness (QED) is 0.488. The van der Waals surface area contributed by atoms with Gasteiger partial charge in [0.25, 0.3) is 0 Å². The van der Waals surface area contributed by atoms with Gasteiger partial charge in [-0.2, -0.15) is 0 Å². The standard InChI is InChI=1S/C18H20FN4O4.Cf/c1-10(13-5-4-12(26-3)8-14(13)19)21-17-20-7-6-16(22-17)23-15(11(2)24)9-27-18(23)25;/h4-8,10-11,15,24H,3,9H2,1-2H3,(H,20,21,22);/t10-,11+,15+;/m0./s1. The molecule has 0 saturated carbocycles. The van der Waals surface area contributed by atoms with Gasteiger partial charge in [-0.05, 0) is 6.92 Å². The Morgan fingerprint density at radius 1 is 1.46 bits per heavy atom. The molecule has 3 rings (SSSR count). The van der Waals surface area contributed by atoms with E-state index in [-0.39, 0.29) is 12.6 Å². The molecule has 3 atom stereocenters. The molecule has 2 aromatic rings. The molecule has 10 heteroatoms. The number of rotatable bonds is 7. The Kier molecular flexibility index (Phi) is 5.21. The minimum atomic E-state index is -0.782. The summed E-state index contributed by atoms with van der Waals surface area (Å²) in [6, 6.07) is 5.29. The summed E-state index contributed by atoms with van der Waals surface area (Å²) in [4.78, 5) is 21.8. The maximum absolute atomic E-state index is 14.4. The van der Waals surface area contributed by atoms with Crippen LogP contribution in [0.3, 0.4) is 0 Å². The summed E-state index contributed by atoms with van der Waals surface area (Å²) in [6.07, 6.45) is 0.121. The molecule has 2 N–H and O–H groups in total. The fraction of sp³-hybridized carbons (Fsp3) is 0.389. The van der Waals surface area contributed by atoms with Gasteiger partial charge in [0.15, 0.2) is 0 Å². The van der Waals surface area contributed by atoms with Gasteiger partial charge in [-0.3, -0.25) is 0 Å². The fourth-order valence-corrected chi connectivity index (χ4v) is 3.32. The molecule has 1 saturated heterocycles. The molecule has 0 radical (unpaired) electrons. The summed E-state index contributed by atoms with van der Waals surface area (Å²) in [5.41, 5.74) is 0.434. The number of cyclic esters (lactones) is 1. The van der Waals surface area contributed by atoms with Crippen LogP contribution in [-0.4, -0.2) is 47.0 Å². The number of nitrogens with zero attached hydrogens (tertiary/aromatic N) is 3. The number of aromatic nitrogens is 2. The molecule has 2 heterocycles. The molecule has 0 unspecified atom stereocenters. The van der Waals surface area contributed by atoms with E-state index in [9.17, 15) is 14.3 Å². The van der Waals surface area contributed by atoms with Gasteiger partial charge in [0, 0.05) is 0 Å². The van der Waals surface area contributed by atoms with Crippen molar-refractivity contribution in [2.24, 2.45) is 0 Å². The molecule has 1 aliphatic rings. The molecule has 1 amide bonds. The SMILES string of the molecule is C[C@H](Nc1nccc(N2C(=O)OC[C@@H]2[C@@H](C)O)n1)c1ccc(O[CH2][Cf])cc1F. The fourth-order valence-electron chi connectivity index (χ4n) is 2.88. The van der Waals surface area contributed by atoms with Gasteiger partial charge in [0.05, 0.1) is 6.10 Å². The normalized spacial score (nSPS) is 18.6. The zero-order chi connectivity index (χ0) is 20.3. The molecule has 1 aromatic heterocycles. The van der Waals surface area contributed by atoms with Gasteiger partial charge in [-0.15, -0.1) is 0 Å². The zero-order valence-corrected chi connectivity index (χ0v) is 17.9. The Balaban J connectivity index is 1.78. The Bertz CT molecular complexity index is 854. The third-order valence-corrected chi connectivity index (χ3v) is 4.73. The van der Waals surface area contributed by atoms with Crippen LogP contribution in [0.5, 0.6) is 5.75 Å². The van der Waals surface area contributed by atoms with E-state index in [2.05, 4.69) is 15.3 Å². The summed E-state index contributed by atoms with van der Waals surface area (Å²) in [5, 5.41) is 12.9. The Morgan fingerprint density at radius 3 is 2.93 bits per heavy atom. The minimum absolute atomic E-state index is 0.0812. The van der Waals surface area contributed by atoms with E-state index in [1.54, 1.807) is 32.0 Å². The van der Waals surface area contributed by atoms with Crippen molar-refractivity contribution in [2.45, 2.75) is 32.0 Å². The van der Waals surface area contributed by atoms with Crippen molar-refractivity contribution in [1.29, 1.82) is 0 Å². The van der Waals surface area contributed by atoms with Crippen LogP contribution in [0, 0.1) is 5.82 Å². The van der Waals surface area contributed by atoms with Crippen LogP contribution in [0.25, 0.3) is 0 Å². The van der Waals surface area contributed by atoms with E-state index in [1.807, 2.05) is 0 Å². The molecule has 153 valence electrons. The van der Waals surface area contributed by atoms with Gasteiger partial charge < -0.3 is 9.84 Å². The van der Waals surface area contributed by atoms with Crippen LogP contribution in [0.15, 0.2) is 30.5 Å². The molecule has 1 aromatic carbocycles. The van der Waals surface area contributed by atoms with Crippen LogP contribution in [-0.2, 0) is 4.74 Å². The first-order valence-electron chi connectivity index (χ1n) is 8.58. The van der Waals surface area contributed by atoms with Gasteiger partial charge >= 0.3 is 115 Å². The topological polar surface area (TPSA) is 96.8 Å². The van der Waals surface area contributed by atoms with Crippen LogP contribution >= 0.6 is 0 Å². The number of carbonyl (C=O) groups excluding carboxylic acids is 1. The number of aliphatic hydroxyl groups is 1. The van der Waals surface area contributed by atoms with E-state index < -0.39 is 30.1 Å². The molecule has 28 heavy (non-hydrogen) atoms. The molecular formula is C18H20CfFN4O4. The van der Waals surface area contributed by atoms with Crippen LogP contribution in [0.4, 0.5) is 21.0 Å². The van der Waals surface area contributed by atoms with Crippen molar-refractivity contribution in [3.8, 4) is 5.75 Å². The van der Waals surface area contributed by atoms with Crippen molar-refractivity contribution in [3.63, 3.8) is 0 Å². The summed E-state index contributed by atoms with van der Waals surface area (Å²) in [5.74, 6) is 0.601. The van der Waals surface area contributed by atoms with Gasteiger partial charge in [-0.1, -0.05) is 0 Å². The summed E-state index contributed by atoms with van der Waals surface area (Å²) in [6.45, 7) is 3.44. The second kappa shape index (κ2) is 7.75. The maximum atomic E-state index is 14.4. The van der Waals surface area contributed by atoms with Crippen molar-refractivity contribution in [1.82, 2.24) is 9.97 Å². The summed E-state index contributed by atoms with van der Waals surface area (Å²) >= 11 is 0. The Labute approximate surface area is 155 Å². The predicted octanol–water partition coefficient (Wildman–Crippen LogP) is 2.38. The number of halogens is 1. The van der Waals surface area contributed by atoms with Crippen molar-refractivity contribution in [2.75, 3.05) is 23.9 Å². The number of carbonyl (C=O) groups is 1. The number of hydrogen-bond acceptors (Lipinski definition) is 7. The number of ether oxygens (including phenoxy) is 2. The van der Waals surface area contributed by atoms with Gasteiger partial charge in [-0.25, -0.2) is 4.79 Å². The first-order valence-corrected chi connectivity index (χ1v) is 10.4. The second-order valence-electron chi connectivity index (χ2n) is 6.28. The first kappa shape index (κ1) is 18.8. The first-order chi connectivity index (χ1) is 13.4. The number of anilines is 2. The van der Waals surface area contributed by atoms with E-state index >= 15 is 0 Å². The second-order valence-corrected chi connectivity index (χ2v) is 7.04. The Morgan fingerprint density at radius 2 is 2.25 bits per heavy atom.